The fourth-order valence-electron chi connectivity index (χ4n) is 3.68. The largest absolute Gasteiger partial charge is 0.322 e. The molecule has 0 saturated carbocycles. The lowest BCUT2D eigenvalue weighted by molar-refractivity contribution is 0.182. The molecule has 0 spiro atoms. The van der Waals surface area contributed by atoms with Gasteiger partial charge in [-0.1, -0.05) is 36.4 Å². The molecule has 1 N–H and O–H groups in total. The first kappa shape index (κ1) is 13.6. The van der Waals surface area contributed by atoms with Crippen LogP contribution >= 0.6 is 0 Å². The molecule has 4 nitrogen and oxygen atoms in total. The van der Waals surface area contributed by atoms with Gasteiger partial charge in [-0.25, -0.2) is 4.79 Å². The van der Waals surface area contributed by atoms with E-state index < -0.39 is 0 Å². The summed E-state index contributed by atoms with van der Waals surface area (Å²) in [6, 6.07) is 14.7. The van der Waals surface area contributed by atoms with Crippen molar-refractivity contribution in [2.75, 3.05) is 31.5 Å². The number of hydrogen-bond donors (Lipinski definition) is 1. The number of anilines is 1. The molecular weight excluding hydrogens is 274 g/mol. The molecule has 5 rings (SSSR count). The van der Waals surface area contributed by atoms with E-state index >= 15 is 0 Å². The highest BCUT2D eigenvalue weighted by Gasteiger charge is 2.31. The molecule has 114 valence electrons. The molecule has 0 radical (unpaired) electrons. The zero-order valence-electron chi connectivity index (χ0n) is 12.7. The fraction of sp³-hybridized carbons (Fsp3) is 0.389. The van der Waals surface area contributed by atoms with E-state index in [4.69, 9.17) is 0 Å². The first-order valence-electron chi connectivity index (χ1n) is 8.09. The van der Waals surface area contributed by atoms with Gasteiger partial charge in [-0.15, -0.1) is 0 Å². The summed E-state index contributed by atoms with van der Waals surface area (Å²) in [6.07, 6.45) is 2.20. The number of piperidine rings is 1. The number of rotatable bonds is 1. The molecule has 2 aromatic rings. The number of amides is 2. The second kappa shape index (κ2) is 5.61. The van der Waals surface area contributed by atoms with Crippen molar-refractivity contribution in [1.29, 1.82) is 0 Å². The van der Waals surface area contributed by atoms with Crippen LogP contribution in [0.15, 0.2) is 42.5 Å². The van der Waals surface area contributed by atoms with E-state index in [1.54, 1.807) is 0 Å². The predicted octanol–water partition coefficient (Wildman–Crippen LogP) is 3.15. The Balaban J connectivity index is 1.58. The van der Waals surface area contributed by atoms with Crippen molar-refractivity contribution in [1.82, 2.24) is 9.80 Å². The number of urea groups is 1. The average Bonchev–Trinajstić information content (AvgIpc) is 2.89. The number of benzene rings is 2. The highest BCUT2D eigenvalue weighted by Crippen LogP contribution is 2.25. The van der Waals surface area contributed by atoms with Gasteiger partial charge in [0.05, 0.1) is 5.69 Å². The monoisotopic (exact) mass is 295 g/mol. The Bertz CT molecular complexity index is 686. The minimum absolute atomic E-state index is 0.0464. The minimum Gasteiger partial charge on any atom is -0.320 e. The average molecular weight is 295 g/mol. The highest BCUT2D eigenvalue weighted by molar-refractivity contribution is 6.01. The van der Waals surface area contributed by atoms with E-state index in [0.717, 1.165) is 55.5 Å². The van der Waals surface area contributed by atoms with Crippen LogP contribution in [0.4, 0.5) is 10.5 Å². The molecule has 3 aliphatic heterocycles. The molecule has 3 heterocycles. The number of nitrogens with one attached hydrogen (secondary N) is 1. The lowest BCUT2D eigenvalue weighted by Crippen LogP contribution is -2.43. The third kappa shape index (κ3) is 2.44. The van der Waals surface area contributed by atoms with Gasteiger partial charge in [0.2, 0.25) is 0 Å². The van der Waals surface area contributed by atoms with Gasteiger partial charge < -0.3 is 15.1 Å². The normalized spacial score (nSPS) is 24.3. The van der Waals surface area contributed by atoms with Crippen LogP contribution in [0.1, 0.15) is 12.8 Å². The van der Waals surface area contributed by atoms with Crippen LogP contribution in [-0.4, -0.2) is 48.1 Å². The molecule has 22 heavy (non-hydrogen) atoms. The summed E-state index contributed by atoms with van der Waals surface area (Å²) in [4.78, 5) is 17.2. The van der Waals surface area contributed by atoms with Crippen molar-refractivity contribution in [3.63, 3.8) is 0 Å². The zero-order chi connectivity index (χ0) is 14.9. The molecule has 0 unspecified atom stereocenters. The van der Waals surface area contributed by atoms with Crippen molar-refractivity contribution in [2.45, 2.75) is 18.9 Å². The van der Waals surface area contributed by atoms with Gasteiger partial charge in [-0.2, -0.15) is 0 Å². The van der Waals surface area contributed by atoms with E-state index in [0.29, 0.717) is 6.04 Å². The summed E-state index contributed by atoms with van der Waals surface area (Å²) in [5, 5.41) is 5.39. The first-order chi connectivity index (χ1) is 10.8. The zero-order valence-corrected chi connectivity index (χ0v) is 12.7. The van der Waals surface area contributed by atoms with E-state index in [1.807, 2.05) is 29.2 Å². The van der Waals surface area contributed by atoms with E-state index in [1.165, 1.54) is 0 Å². The van der Waals surface area contributed by atoms with E-state index in [9.17, 15) is 4.79 Å². The Morgan fingerprint density at radius 2 is 1.73 bits per heavy atom. The van der Waals surface area contributed by atoms with Crippen molar-refractivity contribution in [3.8, 4) is 0 Å². The van der Waals surface area contributed by atoms with Gasteiger partial charge in [0.25, 0.3) is 0 Å². The molecule has 2 amide bonds. The topological polar surface area (TPSA) is 35.6 Å². The Hall–Kier alpha value is -2.07. The number of fused-ring (bicyclic) bond motifs is 5. The second-order valence-electron chi connectivity index (χ2n) is 6.22. The summed E-state index contributed by atoms with van der Waals surface area (Å²) < 4.78 is 0. The summed E-state index contributed by atoms with van der Waals surface area (Å²) in [5.41, 5.74) is 0.905. The molecule has 3 saturated heterocycles. The van der Waals surface area contributed by atoms with Gasteiger partial charge in [0, 0.05) is 37.6 Å². The van der Waals surface area contributed by atoms with Gasteiger partial charge in [0.1, 0.15) is 0 Å². The Labute approximate surface area is 130 Å². The lowest BCUT2D eigenvalue weighted by Gasteiger charge is -2.31. The summed E-state index contributed by atoms with van der Waals surface area (Å²) >= 11 is 0. The van der Waals surface area contributed by atoms with Crippen LogP contribution in [0.5, 0.6) is 0 Å². The molecule has 2 aromatic carbocycles. The van der Waals surface area contributed by atoms with Crippen molar-refractivity contribution in [3.05, 3.63) is 42.5 Å². The number of carbonyl (C=O) groups is 1. The van der Waals surface area contributed by atoms with Crippen LogP contribution in [0.3, 0.4) is 0 Å². The van der Waals surface area contributed by atoms with Crippen molar-refractivity contribution >= 4 is 22.5 Å². The number of carbonyl (C=O) groups excluding carboxylic acids is 1. The summed E-state index contributed by atoms with van der Waals surface area (Å²) in [7, 11) is 0. The molecule has 0 aromatic heterocycles. The smallest absolute Gasteiger partial charge is 0.320 e. The molecule has 4 heteroatoms. The van der Waals surface area contributed by atoms with Crippen molar-refractivity contribution < 1.29 is 4.79 Å². The molecule has 0 aliphatic carbocycles. The van der Waals surface area contributed by atoms with Gasteiger partial charge in [-0.05, 0) is 24.3 Å². The maximum atomic E-state index is 12.7. The second-order valence-corrected chi connectivity index (χ2v) is 6.22. The van der Waals surface area contributed by atoms with Crippen LogP contribution in [0.2, 0.25) is 0 Å². The van der Waals surface area contributed by atoms with Gasteiger partial charge >= 0.3 is 6.03 Å². The summed E-state index contributed by atoms with van der Waals surface area (Å²) in [6.45, 7) is 4.09. The Morgan fingerprint density at radius 1 is 0.955 bits per heavy atom. The van der Waals surface area contributed by atoms with Gasteiger partial charge in [-0.3, -0.25) is 0 Å². The third-order valence-corrected chi connectivity index (χ3v) is 4.95. The Morgan fingerprint density at radius 3 is 2.59 bits per heavy atom. The maximum absolute atomic E-state index is 12.7. The van der Waals surface area contributed by atoms with E-state index in [-0.39, 0.29) is 6.03 Å². The fourth-order valence-corrected chi connectivity index (χ4v) is 3.68. The standard InChI is InChI=1S/C18H21N3O/c22-18(21-13-12-20-10-8-15(21)9-11-20)19-17-7-3-5-14-4-1-2-6-16(14)17/h1-7,15H,8-13H2,(H,19,22). The van der Waals surface area contributed by atoms with Crippen LogP contribution in [0, 0.1) is 0 Å². The lowest BCUT2D eigenvalue weighted by atomic mass is 10.1. The van der Waals surface area contributed by atoms with Crippen LogP contribution < -0.4 is 5.32 Å². The first-order valence-corrected chi connectivity index (χ1v) is 8.09. The number of nitrogens with zero attached hydrogens (tertiary/aromatic N) is 2. The SMILES string of the molecule is O=C(Nc1cccc2ccccc12)N1CCN2CCC1CC2. The highest BCUT2D eigenvalue weighted by atomic mass is 16.2. The minimum atomic E-state index is 0.0464. The number of hydrogen-bond acceptors (Lipinski definition) is 2. The van der Waals surface area contributed by atoms with Crippen LogP contribution in [0.25, 0.3) is 10.8 Å². The summed E-state index contributed by atoms with van der Waals surface area (Å²) in [5.74, 6) is 0. The molecule has 0 atom stereocenters. The molecular formula is C18H21N3O. The Kier molecular flexibility index (Phi) is 3.47. The van der Waals surface area contributed by atoms with Crippen LogP contribution in [-0.2, 0) is 0 Å². The molecule has 2 bridgehead atoms. The van der Waals surface area contributed by atoms with Crippen molar-refractivity contribution in [2.24, 2.45) is 0 Å². The quantitative estimate of drug-likeness (QED) is 0.877. The van der Waals surface area contributed by atoms with E-state index in [2.05, 4.69) is 28.4 Å². The predicted molar refractivity (Wildman–Crippen MR) is 89.1 cm³/mol. The maximum Gasteiger partial charge on any atom is 0.322 e. The van der Waals surface area contributed by atoms with Gasteiger partial charge in [0.15, 0.2) is 0 Å². The third-order valence-electron chi connectivity index (χ3n) is 4.95. The molecule has 3 aliphatic rings. The molecule has 3 fully saturated rings.